The lowest BCUT2D eigenvalue weighted by atomic mass is 9.90. The molecular formula is C12H13FN4O2. The Labute approximate surface area is 107 Å². The van der Waals surface area contributed by atoms with Gasteiger partial charge in [0.25, 0.3) is 11.5 Å². The number of hydrogen-bond donors (Lipinski definition) is 1. The number of likely N-dealkylation sites (tertiary alicyclic amines) is 1. The number of halogens is 1. The number of alkyl halides is 1. The number of rotatable bonds is 2. The van der Waals surface area contributed by atoms with Crippen molar-refractivity contribution in [3.05, 3.63) is 34.4 Å². The third kappa shape index (κ3) is 1.65. The van der Waals surface area contributed by atoms with Crippen LogP contribution >= 0.6 is 0 Å². The van der Waals surface area contributed by atoms with Gasteiger partial charge in [0.2, 0.25) is 0 Å². The van der Waals surface area contributed by atoms with Crippen LogP contribution in [-0.2, 0) is 0 Å². The summed E-state index contributed by atoms with van der Waals surface area (Å²) in [7, 11) is 0. The van der Waals surface area contributed by atoms with E-state index in [0.717, 1.165) is 0 Å². The van der Waals surface area contributed by atoms with Crippen LogP contribution in [0.3, 0.4) is 0 Å². The smallest absolute Gasteiger partial charge is 0.272 e. The summed E-state index contributed by atoms with van der Waals surface area (Å²) in [5, 5.41) is 2.70. The fourth-order valence-electron chi connectivity index (χ4n) is 2.36. The Bertz CT molecular complexity index is 692. The molecule has 100 valence electrons. The van der Waals surface area contributed by atoms with Crippen LogP contribution in [0.25, 0.3) is 5.65 Å². The van der Waals surface area contributed by atoms with Crippen LogP contribution in [0.5, 0.6) is 0 Å². The molecule has 0 aromatic carbocycles. The first-order valence-corrected chi connectivity index (χ1v) is 6.05. The van der Waals surface area contributed by atoms with Crippen LogP contribution in [0.4, 0.5) is 4.39 Å². The van der Waals surface area contributed by atoms with Crippen molar-refractivity contribution in [2.45, 2.75) is 13.0 Å². The molecule has 0 aliphatic carbocycles. The third-order valence-corrected chi connectivity index (χ3v) is 3.72. The maximum absolute atomic E-state index is 12.6. The highest BCUT2D eigenvalue weighted by Crippen LogP contribution is 2.27. The highest BCUT2D eigenvalue weighted by Gasteiger charge is 2.39. The quantitative estimate of drug-likeness (QED) is 0.856. The van der Waals surface area contributed by atoms with E-state index in [2.05, 4.69) is 10.1 Å². The molecule has 1 aliphatic rings. The van der Waals surface area contributed by atoms with Gasteiger partial charge in [-0.2, -0.15) is 0 Å². The van der Waals surface area contributed by atoms with E-state index in [1.165, 1.54) is 23.0 Å². The molecule has 0 radical (unpaired) electrons. The van der Waals surface area contributed by atoms with Gasteiger partial charge < -0.3 is 4.90 Å². The van der Waals surface area contributed by atoms with Gasteiger partial charge in [0.15, 0.2) is 5.65 Å². The molecule has 0 saturated carbocycles. The number of carbonyl (C=O) groups is 1. The van der Waals surface area contributed by atoms with Crippen molar-refractivity contribution in [1.82, 2.24) is 19.5 Å². The van der Waals surface area contributed by atoms with E-state index in [0.29, 0.717) is 17.8 Å². The molecule has 3 rings (SSSR count). The fourth-order valence-corrected chi connectivity index (χ4v) is 2.36. The molecule has 19 heavy (non-hydrogen) atoms. The van der Waals surface area contributed by atoms with Crippen molar-refractivity contribution >= 4 is 11.6 Å². The second-order valence-corrected chi connectivity index (χ2v) is 4.74. The average Bonchev–Trinajstić information content (AvgIpc) is 2.82. The van der Waals surface area contributed by atoms with Crippen molar-refractivity contribution in [2.24, 2.45) is 5.92 Å². The first-order chi connectivity index (χ1) is 9.13. The van der Waals surface area contributed by atoms with Crippen molar-refractivity contribution in [3.63, 3.8) is 0 Å². The van der Waals surface area contributed by atoms with E-state index < -0.39 is 6.67 Å². The van der Waals surface area contributed by atoms with Crippen LogP contribution in [-0.4, -0.2) is 44.7 Å². The molecule has 2 atom stereocenters. The van der Waals surface area contributed by atoms with Crippen LogP contribution in [0.15, 0.2) is 23.3 Å². The summed E-state index contributed by atoms with van der Waals surface area (Å²) in [6.07, 6.45) is 2.83. The lowest BCUT2D eigenvalue weighted by Crippen LogP contribution is -2.57. The Morgan fingerprint density at radius 3 is 3.11 bits per heavy atom. The summed E-state index contributed by atoms with van der Waals surface area (Å²) in [5.41, 5.74) is 0.359. The van der Waals surface area contributed by atoms with Crippen LogP contribution < -0.4 is 5.56 Å². The third-order valence-electron chi connectivity index (χ3n) is 3.72. The summed E-state index contributed by atoms with van der Waals surface area (Å²) in [5.74, 6) is -0.320. The fraction of sp³-hybridized carbons (Fsp3) is 0.417. The highest BCUT2D eigenvalue weighted by atomic mass is 19.1. The minimum absolute atomic E-state index is 0.0927. The normalized spacial score (nSPS) is 22.5. The van der Waals surface area contributed by atoms with Gasteiger partial charge in [0, 0.05) is 37.0 Å². The Balaban J connectivity index is 1.95. The summed E-state index contributed by atoms with van der Waals surface area (Å²) in [6.45, 7) is 1.81. The van der Waals surface area contributed by atoms with Gasteiger partial charge in [-0.25, -0.2) is 9.50 Å². The Kier molecular flexibility index (Phi) is 2.62. The number of fused-ring (bicyclic) bond motifs is 1. The Hall–Kier alpha value is -2.18. The summed E-state index contributed by atoms with van der Waals surface area (Å²) in [4.78, 5) is 29.5. The molecule has 2 aromatic heterocycles. The predicted octanol–water partition coefficient (Wildman–Crippen LogP) is 0.453. The highest BCUT2D eigenvalue weighted by molar-refractivity contribution is 6.00. The van der Waals surface area contributed by atoms with Crippen molar-refractivity contribution in [1.29, 1.82) is 0 Å². The molecule has 2 aromatic rings. The molecule has 1 fully saturated rings. The number of H-pyrrole nitrogens is 1. The lowest BCUT2D eigenvalue weighted by Gasteiger charge is -2.45. The Morgan fingerprint density at radius 1 is 1.63 bits per heavy atom. The molecular weight excluding hydrogens is 251 g/mol. The zero-order chi connectivity index (χ0) is 13.6. The Morgan fingerprint density at radius 2 is 2.42 bits per heavy atom. The lowest BCUT2D eigenvalue weighted by molar-refractivity contribution is 0.0141. The number of aromatic amines is 1. The molecule has 0 bridgehead atoms. The number of amides is 1. The minimum Gasteiger partial charge on any atom is -0.335 e. The van der Waals surface area contributed by atoms with Crippen LogP contribution in [0.2, 0.25) is 0 Å². The molecule has 7 heteroatoms. The first kappa shape index (κ1) is 11.9. The standard InChI is InChI=1S/C12H13FN4O2/c1-7-8(4-13)6-16(7)12(19)9-5-15-17-10(18)2-3-14-11(9)17/h2-3,5,7-8,15H,4,6H2,1H3. The van der Waals surface area contributed by atoms with E-state index in [-0.39, 0.29) is 23.4 Å². The van der Waals surface area contributed by atoms with Gasteiger partial charge in [0.05, 0.1) is 6.67 Å². The number of carbonyl (C=O) groups excluding carboxylic acids is 1. The number of nitrogens with one attached hydrogen (secondary N) is 1. The topological polar surface area (TPSA) is 70.5 Å². The summed E-state index contributed by atoms with van der Waals surface area (Å²) >= 11 is 0. The molecule has 0 spiro atoms. The van der Waals surface area contributed by atoms with Crippen LogP contribution in [0.1, 0.15) is 17.3 Å². The zero-order valence-electron chi connectivity index (χ0n) is 10.3. The van der Waals surface area contributed by atoms with Crippen molar-refractivity contribution < 1.29 is 9.18 Å². The van der Waals surface area contributed by atoms with Gasteiger partial charge in [-0.15, -0.1) is 0 Å². The average molecular weight is 264 g/mol. The second kappa shape index (κ2) is 4.18. The van der Waals surface area contributed by atoms with E-state index in [1.54, 1.807) is 4.90 Å². The zero-order valence-corrected chi connectivity index (χ0v) is 10.3. The molecule has 1 saturated heterocycles. The van der Waals surface area contributed by atoms with E-state index in [1.807, 2.05) is 6.92 Å². The first-order valence-electron chi connectivity index (χ1n) is 6.05. The van der Waals surface area contributed by atoms with Gasteiger partial charge in [0.1, 0.15) is 5.56 Å². The van der Waals surface area contributed by atoms with Crippen molar-refractivity contribution in [3.8, 4) is 0 Å². The van der Waals surface area contributed by atoms with Gasteiger partial charge in [-0.3, -0.25) is 19.1 Å². The predicted molar refractivity (Wildman–Crippen MR) is 65.8 cm³/mol. The number of hydrogen-bond acceptors (Lipinski definition) is 3. The SMILES string of the molecule is CC1C(CF)CN1C(=O)c1c[nH]n2c(=O)ccnc12. The molecule has 2 unspecified atom stereocenters. The van der Waals surface area contributed by atoms with Gasteiger partial charge in [-0.05, 0) is 6.92 Å². The molecule has 1 aliphatic heterocycles. The van der Waals surface area contributed by atoms with Gasteiger partial charge in [-0.1, -0.05) is 0 Å². The summed E-state index contributed by atoms with van der Waals surface area (Å²) < 4.78 is 13.8. The maximum atomic E-state index is 12.6. The monoisotopic (exact) mass is 264 g/mol. The van der Waals surface area contributed by atoms with E-state index in [9.17, 15) is 14.0 Å². The molecule has 6 nitrogen and oxygen atoms in total. The number of nitrogens with zero attached hydrogens (tertiary/aromatic N) is 3. The molecule has 1 N–H and O–H groups in total. The molecule has 3 heterocycles. The van der Waals surface area contributed by atoms with Gasteiger partial charge >= 0.3 is 0 Å². The van der Waals surface area contributed by atoms with E-state index in [4.69, 9.17) is 0 Å². The van der Waals surface area contributed by atoms with Crippen molar-refractivity contribution in [2.75, 3.05) is 13.2 Å². The van der Waals surface area contributed by atoms with E-state index >= 15 is 0 Å². The second-order valence-electron chi connectivity index (χ2n) is 4.74. The van der Waals surface area contributed by atoms with Crippen LogP contribution in [0, 0.1) is 5.92 Å². The minimum atomic E-state index is -0.420. The molecule has 1 amide bonds. The maximum Gasteiger partial charge on any atom is 0.272 e. The summed E-state index contributed by atoms with van der Waals surface area (Å²) in [6, 6.07) is 1.19. The largest absolute Gasteiger partial charge is 0.335 e. The number of aromatic nitrogens is 3.